The molecule has 1 aliphatic heterocycles. The molecule has 0 radical (unpaired) electrons. The van der Waals surface area contributed by atoms with Crippen LogP contribution in [0.4, 0.5) is 10.5 Å². The van der Waals surface area contributed by atoms with Crippen LogP contribution in [0.3, 0.4) is 0 Å². The fourth-order valence-electron chi connectivity index (χ4n) is 3.28. The standard InChI is InChI=1S/C24H24N2O5/c1-28-20-8-3-17(4-9-20)14-26(15-18-5-10-21(29-2)11-6-18)24(27)25-19-7-12-22-23(13-19)31-16-30-22/h3-13H,14-16H2,1-2H3,(H,25,27). The Balaban J connectivity index is 1.52. The topological polar surface area (TPSA) is 69.3 Å². The number of urea groups is 1. The first-order chi connectivity index (χ1) is 15.1. The Hall–Kier alpha value is -3.87. The Kier molecular flexibility index (Phi) is 6.12. The van der Waals surface area contributed by atoms with E-state index in [1.54, 1.807) is 37.3 Å². The van der Waals surface area contributed by atoms with Gasteiger partial charge in [0.05, 0.1) is 14.2 Å². The van der Waals surface area contributed by atoms with E-state index in [4.69, 9.17) is 18.9 Å². The van der Waals surface area contributed by atoms with Crippen molar-refractivity contribution in [3.8, 4) is 23.0 Å². The number of carbonyl (C=O) groups is 1. The molecule has 31 heavy (non-hydrogen) atoms. The predicted molar refractivity (Wildman–Crippen MR) is 117 cm³/mol. The number of hydrogen-bond acceptors (Lipinski definition) is 5. The fourth-order valence-corrected chi connectivity index (χ4v) is 3.28. The van der Waals surface area contributed by atoms with Crippen LogP contribution in [-0.4, -0.2) is 31.9 Å². The number of ether oxygens (including phenoxy) is 4. The van der Waals surface area contributed by atoms with E-state index < -0.39 is 0 Å². The second kappa shape index (κ2) is 9.30. The molecule has 2 amide bonds. The number of fused-ring (bicyclic) bond motifs is 1. The number of rotatable bonds is 7. The van der Waals surface area contributed by atoms with E-state index >= 15 is 0 Å². The Labute approximate surface area is 181 Å². The molecule has 1 aliphatic rings. The molecule has 1 heterocycles. The lowest BCUT2D eigenvalue weighted by Gasteiger charge is -2.24. The van der Waals surface area contributed by atoms with Gasteiger partial charge in [-0.1, -0.05) is 24.3 Å². The van der Waals surface area contributed by atoms with Crippen molar-refractivity contribution in [1.29, 1.82) is 0 Å². The average molecular weight is 420 g/mol. The Bertz CT molecular complexity index is 985. The fraction of sp³-hybridized carbons (Fsp3) is 0.208. The lowest BCUT2D eigenvalue weighted by molar-refractivity contribution is 0.174. The zero-order chi connectivity index (χ0) is 21.6. The van der Waals surface area contributed by atoms with Gasteiger partial charge in [-0.25, -0.2) is 4.79 Å². The molecule has 160 valence electrons. The number of amides is 2. The van der Waals surface area contributed by atoms with Gasteiger partial charge in [0.25, 0.3) is 0 Å². The number of hydrogen-bond donors (Lipinski definition) is 1. The van der Waals surface area contributed by atoms with Crippen LogP contribution in [0.5, 0.6) is 23.0 Å². The molecule has 0 aromatic heterocycles. The van der Waals surface area contributed by atoms with Crippen molar-refractivity contribution in [2.75, 3.05) is 26.3 Å². The highest BCUT2D eigenvalue weighted by Crippen LogP contribution is 2.34. The SMILES string of the molecule is COc1ccc(CN(Cc2ccc(OC)cc2)C(=O)Nc2ccc3c(c2)OCO3)cc1. The van der Waals surface area contributed by atoms with Gasteiger partial charge in [-0.2, -0.15) is 0 Å². The van der Waals surface area contributed by atoms with Gasteiger partial charge in [0.15, 0.2) is 11.5 Å². The van der Waals surface area contributed by atoms with Crippen molar-refractivity contribution in [3.05, 3.63) is 77.9 Å². The monoisotopic (exact) mass is 420 g/mol. The maximum Gasteiger partial charge on any atom is 0.322 e. The quantitative estimate of drug-likeness (QED) is 0.602. The largest absolute Gasteiger partial charge is 0.497 e. The lowest BCUT2D eigenvalue weighted by Crippen LogP contribution is -2.34. The minimum absolute atomic E-state index is 0.188. The molecular formula is C24H24N2O5. The van der Waals surface area contributed by atoms with Crippen molar-refractivity contribution in [1.82, 2.24) is 4.90 Å². The van der Waals surface area contributed by atoms with Crippen molar-refractivity contribution in [2.24, 2.45) is 0 Å². The molecule has 0 saturated heterocycles. The van der Waals surface area contributed by atoms with E-state index in [0.29, 0.717) is 30.3 Å². The average Bonchev–Trinajstić information content (AvgIpc) is 3.27. The molecule has 1 N–H and O–H groups in total. The molecule has 0 aliphatic carbocycles. The second-order valence-corrected chi connectivity index (χ2v) is 7.05. The van der Waals surface area contributed by atoms with Crippen LogP contribution in [-0.2, 0) is 13.1 Å². The molecule has 0 bridgehead atoms. The second-order valence-electron chi connectivity index (χ2n) is 7.05. The van der Waals surface area contributed by atoms with E-state index in [1.165, 1.54) is 0 Å². The maximum absolute atomic E-state index is 13.2. The number of carbonyl (C=O) groups excluding carboxylic acids is 1. The van der Waals surface area contributed by atoms with Gasteiger partial charge >= 0.3 is 6.03 Å². The third kappa shape index (κ3) is 5.01. The zero-order valence-corrected chi connectivity index (χ0v) is 17.5. The molecule has 3 aromatic carbocycles. The number of anilines is 1. The molecule has 0 atom stereocenters. The van der Waals surface area contributed by atoms with E-state index in [-0.39, 0.29) is 12.8 Å². The number of benzene rings is 3. The third-order valence-electron chi connectivity index (χ3n) is 4.98. The first-order valence-corrected chi connectivity index (χ1v) is 9.86. The van der Waals surface area contributed by atoms with Crippen LogP contribution in [0.15, 0.2) is 66.7 Å². The van der Waals surface area contributed by atoms with Crippen LogP contribution in [0.2, 0.25) is 0 Å². The Morgan fingerprint density at radius 2 is 1.39 bits per heavy atom. The summed E-state index contributed by atoms with van der Waals surface area (Å²) in [5.74, 6) is 2.84. The highest BCUT2D eigenvalue weighted by Gasteiger charge is 2.18. The van der Waals surface area contributed by atoms with Gasteiger partial charge in [-0.3, -0.25) is 0 Å². The Morgan fingerprint density at radius 1 is 0.839 bits per heavy atom. The molecule has 0 unspecified atom stereocenters. The summed E-state index contributed by atoms with van der Waals surface area (Å²) in [4.78, 5) is 14.9. The van der Waals surface area contributed by atoms with Crippen molar-refractivity contribution in [2.45, 2.75) is 13.1 Å². The third-order valence-corrected chi connectivity index (χ3v) is 4.98. The van der Waals surface area contributed by atoms with Gasteiger partial charge in [0.1, 0.15) is 11.5 Å². The molecule has 0 fully saturated rings. The van der Waals surface area contributed by atoms with Crippen molar-refractivity contribution >= 4 is 11.7 Å². The van der Waals surface area contributed by atoms with Crippen LogP contribution in [0.25, 0.3) is 0 Å². The van der Waals surface area contributed by atoms with Crippen LogP contribution in [0, 0.1) is 0 Å². The molecule has 0 saturated carbocycles. The summed E-state index contributed by atoms with van der Waals surface area (Å²) in [6.45, 7) is 1.06. The summed E-state index contributed by atoms with van der Waals surface area (Å²) in [6.07, 6.45) is 0. The van der Waals surface area contributed by atoms with Gasteiger partial charge in [-0.15, -0.1) is 0 Å². The smallest absolute Gasteiger partial charge is 0.322 e. The summed E-state index contributed by atoms with van der Waals surface area (Å²) in [5.41, 5.74) is 2.63. The number of nitrogens with one attached hydrogen (secondary N) is 1. The number of methoxy groups -OCH3 is 2. The summed E-state index contributed by atoms with van der Waals surface area (Å²) in [5, 5.41) is 2.96. The summed E-state index contributed by atoms with van der Waals surface area (Å²) in [7, 11) is 3.26. The van der Waals surface area contributed by atoms with Crippen LogP contribution < -0.4 is 24.3 Å². The van der Waals surface area contributed by atoms with Crippen molar-refractivity contribution < 1.29 is 23.7 Å². The lowest BCUT2D eigenvalue weighted by atomic mass is 10.1. The van der Waals surface area contributed by atoms with E-state index in [1.807, 2.05) is 48.5 Å². The molecule has 7 nitrogen and oxygen atoms in total. The first kappa shape index (κ1) is 20.4. The maximum atomic E-state index is 13.2. The zero-order valence-electron chi connectivity index (χ0n) is 17.5. The van der Waals surface area contributed by atoms with E-state index in [0.717, 1.165) is 22.6 Å². The van der Waals surface area contributed by atoms with E-state index in [9.17, 15) is 4.79 Å². The van der Waals surface area contributed by atoms with E-state index in [2.05, 4.69) is 5.32 Å². The number of nitrogens with zero attached hydrogens (tertiary/aromatic N) is 1. The molecule has 3 aromatic rings. The summed E-state index contributed by atoms with van der Waals surface area (Å²) >= 11 is 0. The summed E-state index contributed by atoms with van der Waals surface area (Å²) < 4.78 is 21.2. The molecule has 4 rings (SSSR count). The normalized spacial score (nSPS) is 11.7. The Morgan fingerprint density at radius 3 is 1.94 bits per heavy atom. The highest BCUT2D eigenvalue weighted by molar-refractivity contribution is 5.89. The highest BCUT2D eigenvalue weighted by atomic mass is 16.7. The minimum Gasteiger partial charge on any atom is -0.497 e. The summed E-state index contributed by atoms with van der Waals surface area (Å²) in [6, 6.07) is 20.5. The first-order valence-electron chi connectivity index (χ1n) is 9.86. The van der Waals surface area contributed by atoms with Gasteiger partial charge < -0.3 is 29.2 Å². The van der Waals surface area contributed by atoms with Gasteiger partial charge in [0, 0.05) is 24.8 Å². The minimum atomic E-state index is -0.217. The van der Waals surface area contributed by atoms with Crippen LogP contribution in [0.1, 0.15) is 11.1 Å². The molecule has 0 spiro atoms. The van der Waals surface area contributed by atoms with Crippen molar-refractivity contribution in [3.63, 3.8) is 0 Å². The molecular weight excluding hydrogens is 396 g/mol. The predicted octanol–water partition coefficient (Wildman–Crippen LogP) is 4.67. The molecule has 7 heteroatoms. The van der Waals surface area contributed by atoms with Gasteiger partial charge in [-0.05, 0) is 47.5 Å². The van der Waals surface area contributed by atoms with Crippen LogP contribution >= 0.6 is 0 Å². The van der Waals surface area contributed by atoms with Gasteiger partial charge in [0.2, 0.25) is 6.79 Å².